The Morgan fingerprint density at radius 2 is 1.83 bits per heavy atom. The molecule has 3 fully saturated rings. The van der Waals surface area contributed by atoms with Gasteiger partial charge in [0.15, 0.2) is 5.82 Å². The highest BCUT2D eigenvalue weighted by Crippen LogP contribution is 2.43. The Balaban J connectivity index is 1.11. The van der Waals surface area contributed by atoms with Gasteiger partial charge in [0, 0.05) is 24.7 Å². The van der Waals surface area contributed by atoms with Crippen molar-refractivity contribution in [3.05, 3.63) is 56.9 Å². The highest BCUT2D eigenvalue weighted by molar-refractivity contribution is 5.99. The summed E-state index contributed by atoms with van der Waals surface area (Å²) in [7, 11) is 0. The van der Waals surface area contributed by atoms with Crippen molar-refractivity contribution in [2.24, 2.45) is 5.41 Å². The van der Waals surface area contributed by atoms with Crippen molar-refractivity contribution < 1.29 is 19.4 Å². The number of aliphatic hydroxyl groups is 1. The van der Waals surface area contributed by atoms with E-state index in [1.807, 2.05) is 13.0 Å². The van der Waals surface area contributed by atoms with E-state index in [9.17, 15) is 19.5 Å². The number of hydrogen-bond donors (Lipinski definition) is 1. The van der Waals surface area contributed by atoms with Crippen molar-refractivity contribution in [3.8, 4) is 0 Å². The lowest BCUT2D eigenvalue weighted by Gasteiger charge is -2.38. The first kappa shape index (κ1) is 22.4. The number of benzene rings is 1. The number of cyclic esters (lactones) is 1. The summed E-state index contributed by atoms with van der Waals surface area (Å²) in [6.45, 7) is 4.76. The summed E-state index contributed by atoms with van der Waals surface area (Å²) in [5, 5.41) is 15.5. The van der Waals surface area contributed by atoms with E-state index in [1.165, 1.54) is 10.7 Å². The van der Waals surface area contributed by atoms with Gasteiger partial charge in [0.2, 0.25) is 5.91 Å². The maximum absolute atomic E-state index is 13.5. The molecule has 1 saturated carbocycles. The molecule has 1 aliphatic carbocycles. The van der Waals surface area contributed by atoms with Crippen LogP contribution in [0.5, 0.6) is 0 Å². The maximum atomic E-state index is 13.5. The Morgan fingerprint density at radius 1 is 1.09 bits per heavy atom. The molecule has 1 aromatic heterocycles. The van der Waals surface area contributed by atoms with Crippen LogP contribution in [0.15, 0.2) is 29.1 Å². The van der Waals surface area contributed by atoms with Crippen LogP contribution in [0.25, 0.3) is 0 Å². The monoisotopic (exact) mass is 478 g/mol. The van der Waals surface area contributed by atoms with Crippen LogP contribution in [-0.4, -0.2) is 57.8 Å². The van der Waals surface area contributed by atoms with Gasteiger partial charge in [-0.25, -0.2) is 9.48 Å². The predicted molar refractivity (Wildman–Crippen MR) is 127 cm³/mol. The van der Waals surface area contributed by atoms with Crippen LogP contribution in [0.4, 0.5) is 5.82 Å². The number of rotatable bonds is 5. The van der Waals surface area contributed by atoms with Gasteiger partial charge in [0.1, 0.15) is 6.61 Å². The Bertz CT molecular complexity index is 1260. The van der Waals surface area contributed by atoms with Crippen molar-refractivity contribution in [2.75, 3.05) is 31.1 Å². The number of aliphatic hydroxyl groups excluding tert-OH is 1. The number of hydrogen-bond acceptors (Lipinski definition) is 7. The smallest absolute Gasteiger partial charge is 0.338 e. The molecule has 0 radical (unpaired) electrons. The highest BCUT2D eigenvalue weighted by Gasteiger charge is 2.49. The van der Waals surface area contributed by atoms with Gasteiger partial charge >= 0.3 is 5.97 Å². The average molecular weight is 479 g/mol. The Hall–Kier alpha value is -3.04. The second-order valence-corrected chi connectivity index (χ2v) is 10.4. The summed E-state index contributed by atoms with van der Waals surface area (Å²) in [5.41, 5.74) is 2.68. The van der Waals surface area contributed by atoms with Gasteiger partial charge in [-0.05, 0) is 75.4 Å². The first-order chi connectivity index (χ1) is 16.9. The van der Waals surface area contributed by atoms with Crippen LogP contribution in [0.1, 0.15) is 71.3 Å². The molecule has 1 amide bonds. The SMILES string of the molecule is Cc1c(C(O)CN2CCC3(CC2)CCN(c2ccc(=O)n(C4CC4)n2)C3=O)ccc2c1COC2=O. The number of anilines is 1. The molecule has 2 saturated heterocycles. The first-order valence-corrected chi connectivity index (χ1v) is 12.5. The minimum absolute atomic E-state index is 0.102. The summed E-state index contributed by atoms with van der Waals surface area (Å²) in [4.78, 5) is 41.4. The van der Waals surface area contributed by atoms with Crippen LogP contribution >= 0.6 is 0 Å². The summed E-state index contributed by atoms with van der Waals surface area (Å²) in [5.74, 6) is 0.373. The fourth-order valence-corrected chi connectivity index (χ4v) is 5.88. The molecule has 0 bridgehead atoms. The lowest BCUT2D eigenvalue weighted by Crippen LogP contribution is -2.46. The molecular weight excluding hydrogens is 448 g/mol. The molecule has 35 heavy (non-hydrogen) atoms. The van der Waals surface area contributed by atoms with Crippen molar-refractivity contribution in [2.45, 2.75) is 57.8 Å². The molecule has 4 aliphatic rings. The molecule has 9 heteroatoms. The van der Waals surface area contributed by atoms with Crippen LogP contribution in [0, 0.1) is 12.3 Å². The normalized spacial score (nSPS) is 22.5. The number of ether oxygens (including phenoxy) is 1. The molecular formula is C26H30N4O5. The van der Waals surface area contributed by atoms with E-state index in [2.05, 4.69) is 10.00 Å². The molecule has 3 aliphatic heterocycles. The first-order valence-electron chi connectivity index (χ1n) is 12.5. The number of carbonyl (C=O) groups is 2. The molecule has 9 nitrogen and oxygen atoms in total. The highest BCUT2D eigenvalue weighted by atomic mass is 16.5. The number of amides is 1. The van der Waals surface area contributed by atoms with E-state index in [-0.39, 0.29) is 30.1 Å². The molecule has 1 spiro atoms. The van der Waals surface area contributed by atoms with Crippen LogP contribution in [-0.2, 0) is 16.1 Å². The van der Waals surface area contributed by atoms with Gasteiger partial charge < -0.3 is 14.7 Å². The number of piperidine rings is 1. The standard InChI is InChI=1S/C26H30N4O5/c1-16-18(4-5-19-20(16)15-35-24(19)33)21(31)14-28-11-8-26(9-12-28)10-13-29(25(26)34)22-6-7-23(32)30(27-22)17-2-3-17/h4-7,17,21,31H,2-3,8-15H2,1H3. The van der Waals surface area contributed by atoms with E-state index in [1.54, 1.807) is 17.0 Å². The van der Waals surface area contributed by atoms with Crippen molar-refractivity contribution in [1.82, 2.24) is 14.7 Å². The molecule has 2 aromatic rings. The largest absolute Gasteiger partial charge is 0.457 e. The summed E-state index contributed by atoms with van der Waals surface area (Å²) < 4.78 is 6.66. The van der Waals surface area contributed by atoms with Crippen molar-refractivity contribution >= 4 is 17.7 Å². The summed E-state index contributed by atoms with van der Waals surface area (Å²) in [6, 6.07) is 6.93. The van der Waals surface area contributed by atoms with Crippen LogP contribution in [0.3, 0.4) is 0 Å². The average Bonchev–Trinajstić information content (AvgIpc) is 3.56. The fourth-order valence-electron chi connectivity index (χ4n) is 5.88. The maximum Gasteiger partial charge on any atom is 0.338 e. The van der Waals surface area contributed by atoms with Crippen LogP contribution in [0.2, 0.25) is 0 Å². The van der Waals surface area contributed by atoms with Crippen LogP contribution < -0.4 is 10.5 Å². The quantitative estimate of drug-likeness (QED) is 0.656. The van der Waals surface area contributed by atoms with E-state index in [0.29, 0.717) is 24.5 Å². The Morgan fingerprint density at radius 3 is 2.57 bits per heavy atom. The number of likely N-dealkylation sites (tertiary alicyclic amines) is 1. The Kier molecular flexibility index (Phi) is 5.30. The molecule has 4 heterocycles. The molecule has 1 atom stereocenters. The van der Waals surface area contributed by atoms with Gasteiger partial charge in [0.05, 0.1) is 23.1 Å². The lowest BCUT2D eigenvalue weighted by molar-refractivity contribution is -0.128. The minimum atomic E-state index is -0.673. The van der Waals surface area contributed by atoms with Gasteiger partial charge in [-0.2, -0.15) is 5.10 Å². The summed E-state index contributed by atoms with van der Waals surface area (Å²) >= 11 is 0. The zero-order valence-corrected chi connectivity index (χ0v) is 19.9. The number of fused-ring (bicyclic) bond motifs is 1. The van der Waals surface area contributed by atoms with E-state index in [4.69, 9.17) is 4.74 Å². The zero-order valence-electron chi connectivity index (χ0n) is 19.9. The number of esters is 1. The van der Waals surface area contributed by atoms with Gasteiger partial charge in [-0.3, -0.25) is 14.5 Å². The number of carbonyl (C=O) groups excluding carboxylic acids is 2. The van der Waals surface area contributed by atoms with Gasteiger partial charge in [-0.1, -0.05) is 6.07 Å². The van der Waals surface area contributed by atoms with Crippen molar-refractivity contribution in [3.63, 3.8) is 0 Å². The van der Waals surface area contributed by atoms with E-state index in [0.717, 1.165) is 61.9 Å². The Labute approximate surface area is 203 Å². The molecule has 184 valence electrons. The molecule has 1 aromatic carbocycles. The van der Waals surface area contributed by atoms with E-state index >= 15 is 0 Å². The number of β-amino-alcohol motifs (C(OH)–C–C–N with tert-alkyl or cyclic N) is 1. The predicted octanol–water partition coefficient (Wildman–Crippen LogP) is 2.11. The topological polar surface area (TPSA) is 105 Å². The van der Waals surface area contributed by atoms with Gasteiger partial charge in [-0.15, -0.1) is 0 Å². The second kappa shape index (κ2) is 8.27. The minimum Gasteiger partial charge on any atom is -0.457 e. The molecule has 6 rings (SSSR count). The molecule has 1 unspecified atom stereocenters. The van der Waals surface area contributed by atoms with Gasteiger partial charge in [0.25, 0.3) is 5.56 Å². The number of nitrogens with zero attached hydrogens (tertiary/aromatic N) is 4. The zero-order chi connectivity index (χ0) is 24.3. The third kappa shape index (κ3) is 3.77. The number of aromatic nitrogens is 2. The molecule has 1 N–H and O–H groups in total. The third-order valence-corrected chi connectivity index (χ3v) is 8.30. The fraction of sp³-hybridized carbons (Fsp3) is 0.538. The lowest BCUT2D eigenvalue weighted by atomic mass is 9.77. The van der Waals surface area contributed by atoms with E-state index < -0.39 is 11.5 Å². The second-order valence-electron chi connectivity index (χ2n) is 10.4. The van der Waals surface area contributed by atoms with Crippen molar-refractivity contribution in [1.29, 1.82) is 0 Å². The summed E-state index contributed by atoms with van der Waals surface area (Å²) in [6.07, 6.45) is 3.52. The third-order valence-electron chi connectivity index (χ3n) is 8.30.